The average molecular weight is 484 g/mol. The first kappa shape index (κ1) is 20.9. The molecular formula is C24H19Cl2NZr-2. The Morgan fingerprint density at radius 1 is 0.571 bits per heavy atom. The predicted octanol–water partition coefficient (Wildman–Crippen LogP) is 8.54. The van der Waals surface area contributed by atoms with Gasteiger partial charge in [-0.1, -0.05) is 12.1 Å². The Morgan fingerprint density at radius 3 is 1.50 bits per heavy atom. The van der Waals surface area contributed by atoms with Crippen molar-refractivity contribution in [2.45, 2.75) is 0 Å². The van der Waals surface area contributed by atoms with Crippen LogP contribution in [0.4, 0.5) is 5.69 Å². The topological polar surface area (TPSA) is 12.4 Å². The summed E-state index contributed by atoms with van der Waals surface area (Å²) in [4.78, 5) is 0. The van der Waals surface area contributed by atoms with Gasteiger partial charge in [0, 0.05) is 0 Å². The van der Waals surface area contributed by atoms with E-state index in [9.17, 15) is 0 Å². The van der Waals surface area contributed by atoms with Gasteiger partial charge in [-0.05, 0) is 0 Å². The zero-order valence-corrected chi connectivity index (χ0v) is 19.1. The fourth-order valence-corrected chi connectivity index (χ4v) is 4.74. The zero-order chi connectivity index (χ0) is 19.6. The van der Waals surface area contributed by atoms with E-state index in [-0.39, 0.29) is 0 Å². The van der Waals surface area contributed by atoms with E-state index in [4.69, 9.17) is 17.0 Å². The molecule has 1 nitrogen and oxygen atoms in total. The van der Waals surface area contributed by atoms with Crippen molar-refractivity contribution < 1.29 is 19.2 Å². The second-order valence-electron chi connectivity index (χ2n) is 6.00. The summed E-state index contributed by atoms with van der Waals surface area (Å²) in [5.74, 6) is 0. The van der Waals surface area contributed by atoms with Gasteiger partial charge in [-0.25, -0.2) is 0 Å². The van der Waals surface area contributed by atoms with Crippen molar-refractivity contribution in [3.05, 3.63) is 115 Å². The summed E-state index contributed by atoms with van der Waals surface area (Å²) in [5, 5.41) is 5.32. The van der Waals surface area contributed by atoms with Crippen molar-refractivity contribution in [3.63, 3.8) is 0 Å². The molecule has 5 aromatic carbocycles. The van der Waals surface area contributed by atoms with E-state index in [1.54, 1.807) is 0 Å². The van der Waals surface area contributed by atoms with Crippen molar-refractivity contribution >= 4 is 44.3 Å². The first-order valence-corrected chi connectivity index (χ1v) is 16.3. The summed E-state index contributed by atoms with van der Waals surface area (Å²) >= 11 is -2.31. The van der Waals surface area contributed by atoms with Crippen molar-refractivity contribution in [2.24, 2.45) is 2.87 Å². The molecule has 0 fully saturated rings. The molecule has 0 unspecified atom stereocenters. The van der Waals surface area contributed by atoms with Crippen LogP contribution in [-0.4, -0.2) is 0 Å². The van der Waals surface area contributed by atoms with Gasteiger partial charge in [0.1, 0.15) is 0 Å². The summed E-state index contributed by atoms with van der Waals surface area (Å²) in [6.07, 6.45) is 0. The molecule has 0 saturated carbocycles. The van der Waals surface area contributed by atoms with Gasteiger partial charge in [0.2, 0.25) is 0 Å². The Bertz CT molecular complexity index is 1010. The van der Waals surface area contributed by atoms with E-state index in [2.05, 4.69) is 87.8 Å². The number of rotatable bonds is 1. The van der Waals surface area contributed by atoms with Gasteiger partial charge in [0.05, 0.1) is 0 Å². The second-order valence-corrected chi connectivity index (χ2v) is 13.1. The predicted molar refractivity (Wildman–Crippen MR) is 119 cm³/mol. The van der Waals surface area contributed by atoms with Gasteiger partial charge in [0.25, 0.3) is 0 Å². The van der Waals surface area contributed by atoms with Crippen LogP contribution >= 0.6 is 17.0 Å². The van der Waals surface area contributed by atoms with Gasteiger partial charge in [-0.15, -0.1) is 59.3 Å². The third-order valence-electron chi connectivity index (χ3n) is 4.06. The Kier molecular flexibility index (Phi) is 8.36. The molecule has 0 amide bonds. The summed E-state index contributed by atoms with van der Waals surface area (Å²) in [5.41, 5.74) is 0.891. The van der Waals surface area contributed by atoms with Crippen molar-refractivity contribution in [3.8, 4) is 0 Å². The van der Waals surface area contributed by atoms with E-state index in [0.29, 0.717) is 0 Å². The van der Waals surface area contributed by atoms with E-state index in [1.807, 2.05) is 30.3 Å². The SMILES string of the molecule is [Cl][Zr]([Cl])=[N]c1ccccc1.c1ccc2[cH-]ccc2c1.c1ccc2[cH-]ccc2c1. The molecule has 0 saturated heterocycles. The fourth-order valence-electron chi connectivity index (χ4n) is 2.74. The first-order chi connectivity index (χ1) is 13.7. The van der Waals surface area contributed by atoms with Crippen LogP contribution in [0.15, 0.2) is 118 Å². The summed E-state index contributed by atoms with van der Waals surface area (Å²) in [6.45, 7) is 0. The molecule has 0 N–H and O–H groups in total. The van der Waals surface area contributed by atoms with Crippen LogP contribution in [0.3, 0.4) is 0 Å². The second kappa shape index (κ2) is 11.2. The largest absolute Gasteiger partial charge is 0.168 e. The smallest absolute Gasteiger partial charge is 0.0809 e. The molecule has 4 heteroatoms. The molecule has 0 aliphatic rings. The molecule has 0 atom stereocenters. The first-order valence-electron chi connectivity index (χ1n) is 8.88. The van der Waals surface area contributed by atoms with E-state index < -0.39 is 19.2 Å². The van der Waals surface area contributed by atoms with E-state index in [0.717, 1.165) is 5.69 Å². The number of hydrogen-bond donors (Lipinski definition) is 0. The normalized spacial score (nSPS) is 9.79. The molecule has 0 aliphatic carbocycles. The van der Waals surface area contributed by atoms with Crippen LogP contribution in [-0.2, 0) is 19.2 Å². The molecule has 0 radical (unpaired) electrons. The van der Waals surface area contributed by atoms with Crippen LogP contribution in [0.2, 0.25) is 0 Å². The molecule has 140 valence electrons. The maximum atomic E-state index is 5.61. The molecule has 0 bridgehead atoms. The third kappa shape index (κ3) is 6.64. The summed E-state index contributed by atoms with van der Waals surface area (Å²) < 4.78 is 4.09. The summed E-state index contributed by atoms with van der Waals surface area (Å²) in [6, 6.07) is 38.9. The molecule has 28 heavy (non-hydrogen) atoms. The van der Waals surface area contributed by atoms with Crippen molar-refractivity contribution in [2.75, 3.05) is 0 Å². The Labute approximate surface area is 180 Å². The molecule has 0 aliphatic heterocycles. The van der Waals surface area contributed by atoms with E-state index >= 15 is 0 Å². The number of fused-ring (bicyclic) bond motifs is 2. The molecule has 5 rings (SSSR count). The fraction of sp³-hybridized carbons (Fsp3) is 0. The average Bonchev–Trinajstić information content (AvgIpc) is 3.38. The van der Waals surface area contributed by atoms with Crippen LogP contribution in [0.25, 0.3) is 21.5 Å². The van der Waals surface area contributed by atoms with Gasteiger partial charge in [0.15, 0.2) is 0 Å². The van der Waals surface area contributed by atoms with Gasteiger partial charge >= 0.3 is 75.1 Å². The van der Waals surface area contributed by atoms with Gasteiger partial charge < -0.3 is 0 Å². The Balaban J connectivity index is 0.000000121. The minimum Gasteiger partial charge on any atom is -0.168 e. The van der Waals surface area contributed by atoms with Crippen LogP contribution in [0.1, 0.15) is 0 Å². The maximum Gasteiger partial charge on any atom is -0.0809 e. The van der Waals surface area contributed by atoms with Gasteiger partial charge in [-0.3, -0.25) is 0 Å². The molecular weight excluding hydrogens is 464 g/mol. The molecule has 5 aromatic rings. The summed E-state index contributed by atoms with van der Waals surface area (Å²) in [7, 11) is 11.2. The van der Waals surface area contributed by atoms with E-state index in [1.165, 1.54) is 21.5 Å². The molecule has 0 spiro atoms. The standard InChI is InChI=1S/2C9H7.C6H5N.2ClH.Zr/c2*1-2-5-9-7-3-6-8(9)4-1;7-6-4-2-1-3-5-6;;;/h2*1-7H;1-5H;2*1H;/q2*-1;;;;+2/p-2. The van der Waals surface area contributed by atoms with Crippen molar-refractivity contribution in [1.82, 2.24) is 0 Å². The third-order valence-corrected chi connectivity index (χ3v) is 6.12. The number of nitrogens with zero attached hydrogens (tertiary/aromatic N) is 1. The molecule has 0 heterocycles. The Morgan fingerprint density at radius 2 is 1.04 bits per heavy atom. The molecule has 0 aromatic heterocycles. The Hall–Kier alpha value is -1.86. The van der Waals surface area contributed by atoms with Gasteiger partial charge in [-0.2, -0.15) is 35.0 Å². The maximum absolute atomic E-state index is 5.61. The van der Waals surface area contributed by atoms with Crippen LogP contribution < -0.4 is 0 Å². The van der Waals surface area contributed by atoms with Crippen molar-refractivity contribution in [1.29, 1.82) is 0 Å². The quantitative estimate of drug-likeness (QED) is 0.212. The zero-order valence-electron chi connectivity index (χ0n) is 15.2. The monoisotopic (exact) mass is 481 g/mol. The number of halogens is 2. The minimum atomic E-state index is -2.31. The van der Waals surface area contributed by atoms with Crippen LogP contribution in [0.5, 0.6) is 0 Å². The number of hydrogen-bond acceptors (Lipinski definition) is 1. The minimum absolute atomic E-state index is 0.891. The number of benzene rings is 3. The van der Waals surface area contributed by atoms with Crippen LogP contribution in [0, 0.1) is 0 Å².